The number of para-hydroxylation sites is 1. The molecule has 0 amide bonds. The second-order valence-electron chi connectivity index (χ2n) is 3.94. The van der Waals surface area contributed by atoms with Crippen LogP contribution >= 0.6 is 0 Å². The monoisotopic (exact) mass is 253 g/mol. The van der Waals surface area contributed by atoms with E-state index in [4.69, 9.17) is 16.9 Å². The Hall–Kier alpha value is -2.82. The third-order valence-corrected chi connectivity index (χ3v) is 2.55. The molecule has 0 aliphatic carbocycles. The van der Waals surface area contributed by atoms with Crippen molar-refractivity contribution in [3.8, 4) is 0 Å². The van der Waals surface area contributed by atoms with E-state index in [1.165, 1.54) is 0 Å². The van der Waals surface area contributed by atoms with E-state index in [1.807, 2.05) is 54.6 Å². The number of anilines is 1. The fourth-order valence-electron chi connectivity index (χ4n) is 1.71. The van der Waals surface area contributed by atoms with Gasteiger partial charge in [0.2, 0.25) is 5.96 Å². The Kier molecular flexibility index (Phi) is 3.78. The number of nitrogens with zero attached hydrogens (tertiary/aromatic N) is 1. The lowest BCUT2D eigenvalue weighted by Crippen LogP contribution is -2.27. The van der Waals surface area contributed by atoms with Gasteiger partial charge < -0.3 is 11.5 Å². The van der Waals surface area contributed by atoms with Gasteiger partial charge in [-0.3, -0.25) is 5.41 Å². The van der Waals surface area contributed by atoms with Gasteiger partial charge in [0.15, 0.2) is 0 Å². The number of nitrogens with two attached hydrogens (primary N) is 2. The van der Waals surface area contributed by atoms with Crippen LogP contribution in [0.15, 0.2) is 59.7 Å². The molecule has 5 nitrogen and oxygen atoms in total. The third-order valence-electron chi connectivity index (χ3n) is 2.55. The molecule has 6 N–H and O–H groups in total. The number of nitrogen functional groups attached to an aromatic ring is 1. The number of nitrogens with one attached hydrogen (secondary N) is 2. The molecule has 0 heterocycles. The molecule has 0 aliphatic heterocycles. The molecule has 0 aliphatic rings. The third kappa shape index (κ3) is 3.10. The topological polar surface area (TPSA) is 100 Å². The summed E-state index contributed by atoms with van der Waals surface area (Å²) in [5.74, 6) is -0.220. The summed E-state index contributed by atoms with van der Waals surface area (Å²) in [6.07, 6.45) is 0. The number of hydrazone groups is 1. The molecule has 0 aromatic heterocycles. The van der Waals surface area contributed by atoms with Gasteiger partial charge in [-0.2, -0.15) is 5.10 Å². The maximum Gasteiger partial charge on any atom is 0.206 e. The van der Waals surface area contributed by atoms with E-state index in [2.05, 4.69) is 10.5 Å². The first-order valence-electron chi connectivity index (χ1n) is 5.76. The van der Waals surface area contributed by atoms with Crippen LogP contribution in [-0.2, 0) is 0 Å². The smallest absolute Gasteiger partial charge is 0.206 e. The first kappa shape index (κ1) is 12.6. The summed E-state index contributed by atoms with van der Waals surface area (Å²) in [6, 6.07) is 17.0. The summed E-state index contributed by atoms with van der Waals surface area (Å²) >= 11 is 0. The fourth-order valence-corrected chi connectivity index (χ4v) is 1.71. The van der Waals surface area contributed by atoms with Crippen LogP contribution < -0.4 is 16.9 Å². The molecule has 2 aromatic rings. The van der Waals surface area contributed by atoms with E-state index in [9.17, 15) is 0 Å². The molecule has 5 heteroatoms. The highest BCUT2D eigenvalue weighted by atomic mass is 15.3. The zero-order chi connectivity index (χ0) is 13.7. The van der Waals surface area contributed by atoms with Crippen molar-refractivity contribution in [1.29, 1.82) is 5.41 Å². The first-order valence-corrected chi connectivity index (χ1v) is 5.76. The van der Waals surface area contributed by atoms with Crippen molar-refractivity contribution < 1.29 is 0 Å². The predicted octanol–water partition coefficient (Wildman–Crippen LogP) is 1.50. The van der Waals surface area contributed by atoms with Crippen LogP contribution in [0, 0.1) is 5.41 Å². The molecule has 0 saturated heterocycles. The van der Waals surface area contributed by atoms with E-state index in [0.29, 0.717) is 11.4 Å². The molecule has 19 heavy (non-hydrogen) atoms. The number of rotatable bonds is 3. The van der Waals surface area contributed by atoms with Crippen LogP contribution in [-0.4, -0.2) is 11.7 Å². The van der Waals surface area contributed by atoms with E-state index >= 15 is 0 Å². The average Bonchev–Trinajstić information content (AvgIpc) is 2.42. The number of hydrogen-bond acceptors (Lipinski definition) is 3. The summed E-state index contributed by atoms with van der Waals surface area (Å²) in [4.78, 5) is 0. The maximum atomic E-state index is 7.19. The normalized spacial score (nSPS) is 11.1. The van der Waals surface area contributed by atoms with Crippen molar-refractivity contribution in [2.75, 3.05) is 5.73 Å². The average molecular weight is 253 g/mol. The van der Waals surface area contributed by atoms with Crippen LogP contribution in [0.5, 0.6) is 0 Å². The molecular formula is C14H15N5. The van der Waals surface area contributed by atoms with Crippen molar-refractivity contribution in [2.24, 2.45) is 10.8 Å². The lowest BCUT2D eigenvalue weighted by Gasteiger charge is -2.10. The van der Waals surface area contributed by atoms with Crippen molar-refractivity contribution in [3.05, 3.63) is 65.7 Å². The second kappa shape index (κ2) is 5.68. The Labute approximate surface area is 111 Å². The molecule has 2 aromatic carbocycles. The molecule has 2 rings (SSSR count). The van der Waals surface area contributed by atoms with Crippen LogP contribution in [0.3, 0.4) is 0 Å². The molecule has 0 spiro atoms. The van der Waals surface area contributed by atoms with E-state index < -0.39 is 0 Å². The molecular weight excluding hydrogens is 238 g/mol. The largest absolute Gasteiger partial charge is 0.398 e. The Morgan fingerprint density at radius 1 is 1.00 bits per heavy atom. The zero-order valence-corrected chi connectivity index (χ0v) is 10.3. The van der Waals surface area contributed by atoms with Gasteiger partial charge in [-0.25, -0.2) is 5.43 Å². The van der Waals surface area contributed by atoms with Crippen LogP contribution in [0.1, 0.15) is 11.1 Å². The SMILES string of the molecule is N=C(N)NN=C(c1ccccc1)c1ccccc1N. The predicted molar refractivity (Wildman–Crippen MR) is 78.0 cm³/mol. The minimum absolute atomic E-state index is 0.220. The Morgan fingerprint density at radius 2 is 1.63 bits per heavy atom. The van der Waals surface area contributed by atoms with Crippen LogP contribution in [0.4, 0.5) is 5.69 Å². The molecule has 0 atom stereocenters. The van der Waals surface area contributed by atoms with Gasteiger partial charge in [0.05, 0.1) is 5.71 Å². The summed E-state index contributed by atoms with van der Waals surface area (Å²) in [6.45, 7) is 0. The Bertz CT molecular complexity index is 604. The molecule has 0 unspecified atom stereocenters. The first-order chi connectivity index (χ1) is 9.18. The van der Waals surface area contributed by atoms with Gasteiger partial charge in [-0.1, -0.05) is 48.5 Å². The van der Waals surface area contributed by atoms with Crippen LogP contribution in [0.2, 0.25) is 0 Å². The second-order valence-corrected chi connectivity index (χ2v) is 3.94. The van der Waals surface area contributed by atoms with Crippen LogP contribution in [0.25, 0.3) is 0 Å². The van der Waals surface area contributed by atoms with Gasteiger partial charge >= 0.3 is 0 Å². The molecule has 0 radical (unpaired) electrons. The molecule has 96 valence electrons. The van der Waals surface area contributed by atoms with Gasteiger partial charge in [0, 0.05) is 16.8 Å². The van der Waals surface area contributed by atoms with Gasteiger partial charge in [0.25, 0.3) is 0 Å². The fraction of sp³-hybridized carbons (Fsp3) is 0. The minimum Gasteiger partial charge on any atom is -0.398 e. The molecule has 0 bridgehead atoms. The van der Waals surface area contributed by atoms with Crippen molar-refractivity contribution in [1.82, 2.24) is 5.43 Å². The summed E-state index contributed by atoms with van der Waals surface area (Å²) in [5, 5.41) is 11.4. The highest BCUT2D eigenvalue weighted by Gasteiger charge is 2.09. The maximum absolute atomic E-state index is 7.19. The van der Waals surface area contributed by atoms with Crippen molar-refractivity contribution >= 4 is 17.4 Å². The lowest BCUT2D eigenvalue weighted by atomic mass is 10.0. The van der Waals surface area contributed by atoms with E-state index in [0.717, 1.165) is 11.1 Å². The van der Waals surface area contributed by atoms with Gasteiger partial charge in [-0.05, 0) is 6.07 Å². The molecule has 0 fully saturated rings. The molecule has 0 saturated carbocycles. The number of hydrogen-bond donors (Lipinski definition) is 4. The number of benzene rings is 2. The van der Waals surface area contributed by atoms with E-state index in [1.54, 1.807) is 0 Å². The quantitative estimate of drug-likeness (QED) is 0.288. The summed E-state index contributed by atoms with van der Waals surface area (Å²) in [5.41, 5.74) is 16.7. The highest BCUT2D eigenvalue weighted by molar-refractivity contribution is 6.15. The van der Waals surface area contributed by atoms with Crippen molar-refractivity contribution in [2.45, 2.75) is 0 Å². The van der Waals surface area contributed by atoms with Crippen molar-refractivity contribution in [3.63, 3.8) is 0 Å². The number of guanidine groups is 1. The summed E-state index contributed by atoms with van der Waals surface area (Å²) in [7, 11) is 0. The van der Waals surface area contributed by atoms with Gasteiger partial charge in [0.1, 0.15) is 0 Å². The lowest BCUT2D eigenvalue weighted by molar-refractivity contribution is 0.994. The Balaban J connectivity index is 2.50. The zero-order valence-electron chi connectivity index (χ0n) is 10.3. The standard InChI is InChI=1S/C14H15N5/c15-12-9-5-4-8-11(12)13(18-19-14(16)17)10-6-2-1-3-7-10/h1-9H,15H2,(H4,16,17,19). The highest BCUT2D eigenvalue weighted by Crippen LogP contribution is 2.16. The van der Waals surface area contributed by atoms with Gasteiger partial charge in [-0.15, -0.1) is 0 Å². The Morgan fingerprint density at radius 3 is 2.26 bits per heavy atom. The van der Waals surface area contributed by atoms with E-state index in [-0.39, 0.29) is 5.96 Å². The summed E-state index contributed by atoms with van der Waals surface area (Å²) < 4.78 is 0. The minimum atomic E-state index is -0.220.